The van der Waals surface area contributed by atoms with Crippen LogP contribution in [0.25, 0.3) is 11.4 Å². The van der Waals surface area contributed by atoms with Crippen LogP contribution in [0.2, 0.25) is 10.3 Å². The number of halogens is 2. The van der Waals surface area contributed by atoms with Gasteiger partial charge in [-0.3, -0.25) is 0 Å². The predicted octanol–water partition coefficient (Wildman–Crippen LogP) is 4.63. The van der Waals surface area contributed by atoms with Crippen LogP contribution in [0.3, 0.4) is 0 Å². The third-order valence-electron chi connectivity index (χ3n) is 4.76. The molecular formula is C21H20Cl2N6O2. The van der Waals surface area contributed by atoms with Gasteiger partial charge in [-0.2, -0.15) is 0 Å². The van der Waals surface area contributed by atoms with E-state index in [0.29, 0.717) is 40.7 Å². The number of morpholine rings is 1. The summed E-state index contributed by atoms with van der Waals surface area (Å²) in [5.74, 6) is 1.34. The van der Waals surface area contributed by atoms with Gasteiger partial charge >= 0.3 is 6.03 Å². The molecule has 31 heavy (non-hydrogen) atoms. The molecule has 4 rings (SSSR count). The smallest absolute Gasteiger partial charge is 0.323 e. The molecule has 2 aromatic heterocycles. The highest BCUT2D eigenvalue weighted by atomic mass is 35.5. The molecule has 1 aromatic carbocycles. The Kier molecular flexibility index (Phi) is 6.50. The van der Waals surface area contributed by atoms with E-state index in [1.807, 2.05) is 19.1 Å². The van der Waals surface area contributed by atoms with Crippen LogP contribution in [0.15, 0.2) is 42.6 Å². The van der Waals surface area contributed by atoms with Gasteiger partial charge in [-0.1, -0.05) is 23.2 Å². The molecule has 1 saturated heterocycles. The highest BCUT2D eigenvalue weighted by Crippen LogP contribution is 2.28. The topological polar surface area (TPSA) is 92.3 Å². The number of pyridine rings is 1. The van der Waals surface area contributed by atoms with Crippen LogP contribution in [-0.4, -0.2) is 47.3 Å². The molecule has 0 bridgehead atoms. The van der Waals surface area contributed by atoms with Gasteiger partial charge in [-0.05, 0) is 43.3 Å². The fourth-order valence-electron chi connectivity index (χ4n) is 3.14. The Bertz CT molecular complexity index is 1070. The first-order valence-corrected chi connectivity index (χ1v) is 10.4. The molecule has 8 nitrogen and oxygen atoms in total. The lowest BCUT2D eigenvalue weighted by molar-refractivity contribution is 0.122. The summed E-state index contributed by atoms with van der Waals surface area (Å²) in [6.07, 6.45) is 1.48. The first kappa shape index (κ1) is 21.3. The Morgan fingerprint density at radius 1 is 1.00 bits per heavy atom. The van der Waals surface area contributed by atoms with Gasteiger partial charge < -0.3 is 20.3 Å². The van der Waals surface area contributed by atoms with Crippen LogP contribution < -0.4 is 15.5 Å². The average Bonchev–Trinajstić information content (AvgIpc) is 2.78. The number of rotatable bonds is 4. The largest absolute Gasteiger partial charge is 0.378 e. The quantitative estimate of drug-likeness (QED) is 0.437. The number of ether oxygens (including phenoxy) is 1. The lowest BCUT2D eigenvalue weighted by Crippen LogP contribution is -2.37. The number of carbonyl (C=O) groups excluding carboxylic acids is 1. The second-order valence-electron chi connectivity index (χ2n) is 6.91. The molecule has 10 heteroatoms. The zero-order valence-electron chi connectivity index (χ0n) is 16.7. The normalized spacial score (nSPS) is 13.7. The second-order valence-corrected chi connectivity index (χ2v) is 7.66. The van der Waals surface area contributed by atoms with Crippen molar-refractivity contribution in [3.63, 3.8) is 0 Å². The number of hydrogen-bond acceptors (Lipinski definition) is 6. The molecule has 1 aliphatic rings. The van der Waals surface area contributed by atoms with Crippen molar-refractivity contribution in [3.8, 4) is 11.4 Å². The number of nitrogens with zero attached hydrogens (tertiary/aromatic N) is 4. The average molecular weight is 459 g/mol. The number of urea groups is 1. The summed E-state index contributed by atoms with van der Waals surface area (Å²) in [6, 6.07) is 10.1. The van der Waals surface area contributed by atoms with E-state index < -0.39 is 0 Å². The van der Waals surface area contributed by atoms with Gasteiger partial charge in [0.15, 0.2) is 5.82 Å². The minimum absolute atomic E-state index is 0.358. The Morgan fingerprint density at radius 3 is 2.35 bits per heavy atom. The van der Waals surface area contributed by atoms with Crippen molar-refractivity contribution in [1.82, 2.24) is 15.0 Å². The molecule has 0 atom stereocenters. The van der Waals surface area contributed by atoms with Gasteiger partial charge in [0, 0.05) is 29.9 Å². The van der Waals surface area contributed by atoms with E-state index in [-0.39, 0.29) is 6.03 Å². The number of carbonyl (C=O) groups is 1. The molecule has 3 aromatic rings. The molecular weight excluding hydrogens is 439 g/mol. The van der Waals surface area contributed by atoms with Gasteiger partial charge in [0.2, 0.25) is 0 Å². The van der Waals surface area contributed by atoms with Crippen LogP contribution in [0, 0.1) is 6.92 Å². The van der Waals surface area contributed by atoms with Crippen LogP contribution in [0.4, 0.5) is 22.0 Å². The van der Waals surface area contributed by atoms with E-state index in [0.717, 1.165) is 30.0 Å². The van der Waals surface area contributed by atoms with Crippen LogP contribution in [-0.2, 0) is 4.74 Å². The van der Waals surface area contributed by atoms with E-state index in [2.05, 4.69) is 25.5 Å². The third kappa shape index (κ3) is 5.22. The monoisotopic (exact) mass is 458 g/mol. The molecule has 2 amide bonds. The zero-order valence-corrected chi connectivity index (χ0v) is 18.2. The number of hydrogen-bond donors (Lipinski definition) is 2. The number of benzene rings is 1. The molecule has 1 aliphatic heterocycles. The van der Waals surface area contributed by atoms with Crippen LogP contribution in [0.5, 0.6) is 0 Å². The van der Waals surface area contributed by atoms with Gasteiger partial charge in [0.25, 0.3) is 0 Å². The summed E-state index contributed by atoms with van der Waals surface area (Å²) < 4.78 is 5.43. The molecule has 0 spiro atoms. The fraction of sp³-hybridized carbons (Fsp3) is 0.238. The van der Waals surface area contributed by atoms with E-state index in [9.17, 15) is 4.79 Å². The standard InChI is InChI=1S/C21H20Cl2N6O2/c1-13-18(23)27-19(28-20(13)29-8-10-31-11-9-29)14-2-4-15(5-3-14)25-21(30)26-16-6-7-17(22)24-12-16/h2-7,12H,8-11H2,1H3,(H2,25,26,30). The zero-order chi connectivity index (χ0) is 21.8. The van der Waals surface area contributed by atoms with Gasteiger partial charge in [0.05, 0.1) is 25.1 Å². The van der Waals surface area contributed by atoms with E-state index in [4.69, 9.17) is 32.9 Å². The van der Waals surface area contributed by atoms with Crippen molar-refractivity contribution in [2.45, 2.75) is 6.92 Å². The Hall–Kier alpha value is -2.94. The highest BCUT2D eigenvalue weighted by Gasteiger charge is 2.19. The maximum Gasteiger partial charge on any atom is 0.323 e. The minimum atomic E-state index is -0.388. The maximum absolute atomic E-state index is 12.2. The summed E-state index contributed by atoms with van der Waals surface area (Å²) in [5, 5.41) is 6.24. The SMILES string of the molecule is Cc1c(Cl)nc(-c2ccc(NC(=O)Nc3ccc(Cl)nc3)cc2)nc1N1CCOCC1. The Balaban J connectivity index is 1.48. The summed E-state index contributed by atoms with van der Waals surface area (Å²) in [5.41, 5.74) is 2.80. The van der Waals surface area contributed by atoms with E-state index >= 15 is 0 Å². The molecule has 3 heterocycles. The Morgan fingerprint density at radius 2 is 1.68 bits per heavy atom. The van der Waals surface area contributed by atoms with Crippen molar-refractivity contribution in [2.24, 2.45) is 0 Å². The van der Waals surface area contributed by atoms with Crippen LogP contribution in [0.1, 0.15) is 5.56 Å². The summed E-state index contributed by atoms with van der Waals surface area (Å²) in [7, 11) is 0. The van der Waals surface area contributed by atoms with Crippen LogP contribution >= 0.6 is 23.2 Å². The summed E-state index contributed by atoms with van der Waals surface area (Å²) >= 11 is 12.1. The Labute approximate surface area is 189 Å². The first-order valence-electron chi connectivity index (χ1n) is 9.66. The number of aromatic nitrogens is 3. The fourth-order valence-corrected chi connectivity index (χ4v) is 3.41. The van der Waals surface area contributed by atoms with E-state index in [1.54, 1.807) is 24.3 Å². The molecule has 2 N–H and O–H groups in total. The molecule has 160 valence electrons. The summed E-state index contributed by atoms with van der Waals surface area (Å²) in [6.45, 7) is 4.75. The lowest BCUT2D eigenvalue weighted by Gasteiger charge is -2.29. The van der Waals surface area contributed by atoms with Gasteiger partial charge in [0.1, 0.15) is 16.1 Å². The van der Waals surface area contributed by atoms with Crippen molar-refractivity contribution in [3.05, 3.63) is 58.5 Å². The maximum atomic E-state index is 12.2. The first-order chi connectivity index (χ1) is 15.0. The van der Waals surface area contributed by atoms with Crippen molar-refractivity contribution >= 4 is 46.4 Å². The van der Waals surface area contributed by atoms with Crippen molar-refractivity contribution in [2.75, 3.05) is 41.8 Å². The molecule has 0 radical (unpaired) electrons. The second kappa shape index (κ2) is 9.47. The van der Waals surface area contributed by atoms with Gasteiger partial charge in [-0.15, -0.1) is 0 Å². The van der Waals surface area contributed by atoms with Gasteiger partial charge in [-0.25, -0.2) is 19.7 Å². The predicted molar refractivity (Wildman–Crippen MR) is 122 cm³/mol. The highest BCUT2D eigenvalue weighted by molar-refractivity contribution is 6.30. The molecule has 0 unspecified atom stereocenters. The number of nitrogens with one attached hydrogen (secondary N) is 2. The lowest BCUT2D eigenvalue weighted by atomic mass is 10.2. The minimum Gasteiger partial charge on any atom is -0.378 e. The van der Waals surface area contributed by atoms with Crippen molar-refractivity contribution in [1.29, 1.82) is 0 Å². The number of amides is 2. The third-order valence-corrected chi connectivity index (χ3v) is 5.35. The number of anilines is 3. The van der Waals surface area contributed by atoms with E-state index in [1.165, 1.54) is 6.20 Å². The van der Waals surface area contributed by atoms with Crippen molar-refractivity contribution < 1.29 is 9.53 Å². The summed E-state index contributed by atoms with van der Waals surface area (Å²) in [4.78, 5) is 27.4. The molecule has 1 fully saturated rings. The molecule has 0 saturated carbocycles. The molecule has 0 aliphatic carbocycles.